The van der Waals surface area contributed by atoms with Crippen molar-refractivity contribution in [3.8, 4) is 0 Å². The second-order valence-corrected chi connectivity index (χ2v) is 14.3. The van der Waals surface area contributed by atoms with Gasteiger partial charge in [0, 0.05) is 30.5 Å². The van der Waals surface area contributed by atoms with E-state index in [0.717, 1.165) is 31.2 Å². The Morgan fingerprint density at radius 2 is 1.83 bits per heavy atom. The van der Waals surface area contributed by atoms with Crippen LogP contribution >= 0.6 is 11.6 Å². The van der Waals surface area contributed by atoms with Crippen molar-refractivity contribution in [2.45, 2.75) is 109 Å². The molecule has 46 heavy (non-hydrogen) atoms. The highest BCUT2D eigenvalue weighted by Gasteiger charge is 2.54. The summed E-state index contributed by atoms with van der Waals surface area (Å²) in [7, 11) is 1.36. The van der Waals surface area contributed by atoms with Gasteiger partial charge in [0.05, 0.1) is 18.3 Å². The molecule has 0 radical (unpaired) electrons. The minimum atomic E-state index is -1.07. The van der Waals surface area contributed by atoms with Gasteiger partial charge in [0.25, 0.3) is 5.91 Å². The number of nitrogens with zero attached hydrogens (tertiary/aromatic N) is 1. The van der Waals surface area contributed by atoms with Crippen molar-refractivity contribution < 1.29 is 28.8 Å². The SMILES string of the molecule is CCC[C@H](NC(=O)[C@@H]1C[C@]2(C=C(c3cccc(Cl)c3)NO2)CN1C(=O)[C@@H](NC(=O)CC1CCCCC1)C(C)(C)C)C(=O)C(=O)NC. The Kier molecular flexibility index (Phi) is 11.5. The van der Waals surface area contributed by atoms with E-state index in [1.54, 1.807) is 12.1 Å². The summed E-state index contributed by atoms with van der Waals surface area (Å²) in [5.74, 6) is -2.45. The fourth-order valence-corrected chi connectivity index (χ4v) is 6.81. The maximum Gasteiger partial charge on any atom is 0.289 e. The average Bonchev–Trinajstić information content (AvgIpc) is 3.62. The van der Waals surface area contributed by atoms with Crippen molar-refractivity contribution in [2.24, 2.45) is 11.3 Å². The molecule has 1 aromatic carbocycles. The van der Waals surface area contributed by atoms with E-state index < -0.39 is 52.6 Å². The normalized spacial score (nSPS) is 22.9. The summed E-state index contributed by atoms with van der Waals surface area (Å²) >= 11 is 6.22. The van der Waals surface area contributed by atoms with Gasteiger partial charge in [0.2, 0.25) is 23.5 Å². The van der Waals surface area contributed by atoms with Gasteiger partial charge in [-0.3, -0.25) is 34.3 Å². The third-order valence-corrected chi connectivity index (χ3v) is 9.36. The topological polar surface area (TPSA) is 146 Å². The third-order valence-electron chi connectivity index (χ3n) is 9.12. The van der Waals surface area contributed by atoms with Crippen LogP contribution in [0.2, 0.25) is 5.02 Å². The number of likely N-dealkylation sites (tertiary alicyclic amines) is 1. The van der Waals surface area contributed by atoms with Gasteiger partial charge >= 0.3 is 0 Å². The lowest BCUT2D eigenvalue weighted by Gasteiger charge is -2.36. The van der Waals surface area contributed by atoms with Crippen LogP contribution in [0.15, 0.2) is 30.3 Å². The Morgan fingerprint density at radius 1 is 1.11 bits per heavy atom. The lowest BCUT2D eigenvalue weighted by molar-refractivity contribution is -0.145. The first-order chi connectivity index (χ1) is 21.8. The second kappa shape index (κ2) is 15.0. The summed E-state index contributed by atoms with van der Waals surface area (Å²) in [5.41, 5.74) is 2.61. The average molecular weight is 658 g/mol. The predicted octanol–water partition coefficient (Wildman–Crippen LogP) is 3.66. The van der Waals surface area contributed by atoms with Crippen molar-refractivity contribution in [1.82, 2.24) is 26.3 Å². The molecule has 4 rings (SSSR count). The number of amides is 4. The standard InChI is InChI=1S/C34H48ClN5O6/c1-6-11-24(28(42)31(44)36-5)37-30(43)26-19-34(18-25(39-46-34)22-14-10-15-23(35)17-22)20-40(26)32(45)29(33(2,3)4)38-27(41)16-21-12-8-7-9-13-21/h10,14-15,17-18,21,24,26,29,39H,6-9,11-13,16,19-20H2,1-5H3,(H,36,44)(H,37,43)(H,38,41)/t24-,26-,29+,34+/m0/s1. The number of ketones is 1. The number of hydrogen-bond donors (Lipinski definition) is 4. The first-order valence-electron chi connectivity index (χ1n) is 16.4. The Labute approximate surface area is 276 Å². The van der Waals surface area contributed by atoms with Crippen molar-refractivity contribution >= 4 is 46.7 Å². The van der Waals surface area contributed by atoms with Crippen LogP contribution in [0.5, 0.6) is 0 Å². The molecule has 4 atom stereocenters. The number of hydroxylamine groups is 1. The summed E-state index contributed by atoms with van der Waals surface area (Å²) < 4.78 is 0. The van der Waals surface area contributed by atoms with Crippen LogP contribution in [0.3, 0.4) is 0 Å². The molecule has 12 heteroatoms. The molecule has 2 aliphatic heterocycles. The van der Waals surface area contributed by atoms with E-state index in [1.807, 2.05) is 45.9 Å². The van der Waals surface area contributed by atoms with Gasteiger partial charge in [-0.1, -0.05) is 77.1 Å². The first-order valence-corrected chi connectivity index (χ1v) is 16.7. The van der Waals surface area contributed by atoms with E-state index in [2.05, 4.69) is 21.4 Å². The van der Waals surface area contributed by atoms with Crippen LogP contribution in [-0.2, 0) is 28.8 Å². The Bertz CT molecular complexity index is 1350. The van der Waals surface area contributed by atoms with Crippen LogP contribution < -0.4 is 21.4 Å². The molecule has 4 amide bonds. The number of benzene rings is 1. The molecule has 0 aromatic heterocycles. The van der Waals surface area contributed by atoms with Crippen molar-refractivity contribution in [2.75, 3.05) is 13.6 Å². The molecule has 2 fully saturated rings. The van der Waals surface area contributed by atoms with Gasteiger partial charge < -0.3 is 20.9 Å². The molecular weight excluding hydrogens is 610 g/mol. The molecule has 1 saturated carbocycles. The zero-order valence-electron chi connectivity index (χ0n) is 27.5. The minimum Gasteiger partial charge on any atom is -0.353 e. The fourth-order valence-electron chi connectivity index (χ4n) is 6.62. The second-order valence-electron chi connectivity index (χ2n) is 13.9. The molecule has 0 unspecified atom stereocenters. The van der Waals surface area contributed by atoms with E-state index in [1.165, 1.54) is 18.4 Å². The highest BCUT2D eigenvalue weighted by molar-refractivity contribution is 6.38. The number of halogens is 1. The number of rotatable bonds is 11. The zero-order valence-corrected chi connectivity index (χ0v) is 28.3. The van der Waals surface area contributed by atoms with E-state index in [9.17, 15) is 24.0 Å². The quantitative estimate of drug-likeness (QED) is 0.266. The Morgan fingerprint density at radius 3 is 2.46 bits per heavy atom. The van der Waals surface area contributed by atoms with Gasteiger partial charge in [0.15, 0.2) is 0 Å². The molecule has 252 valence electrons. The Hall–Kier alpha value is -3.44. The number of Topliss-reactive ketones (excluding diaryl/α,β-unsaturated/α-hetero) is 1. The number of carbonyl (C=O) groups is 5. The maximum absolute atomic E-state index is 14.5. The Balaban J connectivity index is 1.64. The number of likely N-dealkylation sites (N-methyl/N-ethyl adjacent to an activating group) is 1. The van der Waals surface area contributed by atoms with E-state index in [-0.39, 0.29) is 25.3 Å². The third kappa shape index (κ3) is 8.47. The van der Waals surface area contributed by atoms with Crippen molar-refractivity contribution in [3.63, 3.8) is 0 Å². The number of carbonyl (C=O) groups excluding carboxylic acids is 5. The monoisotopic (exact) mass is 657 g/mol. The van der Waals surface area contributed by atoms with Crippen LogP contribution in [-0.4, -0.2) is 71.6 Å². The van der Waals surface area contributed by atoms with Gasteiger partial charge in [0.1, 0.15) is 17.7 Å². The lowest BCUT2D eigenvalue weighted by Crippen LogP contribution is -2.59. The summed E-state index contributed by atoms with van der Waals surface area (Å²) in [6, 6.07) is 4.21. The zero-order chi connectivity index (χ0) is 33.6. The van der Waals surface area contributed by atoms with E-state index in [4.69, 9.17) is 16.4 Å². The highest BCUT2D eigenvalue weighted by atomic mass is 35.5. The highest BCUT2D eigenvalue weighted by Crippen LogP contribution is 2.39. The summed E-state index contributed by atoms with van der Waals surface area (Å²) in [6.07, 6.45) is 8.47. The summed E-state index contributed by atoms with van der Waals surface area (Å²) in [5, 5.41) is 8.62. The summed E-state index contributed by atoms with van der Waals surface area (Å²) in [4.78, 5) is 74.2. The molecule has 1 saturated heterocycles. The van der Waals surface area contributed by atoms with E-state index >= 15 is 0 Å². The summed E-state index contributed by atoms with van der Waals surface area (Å²) in [6.45, 7) is 7.50. The molecule has 1 aromatic rings. The van der Waals surface area contributed by atoms with Gasteiger partial charge in [-0.2, -0.15) is 0 Å². The van der Waals surface area contributed by atoms with Crippen LogP contribution in [0.1, 0.15) is 91.0 Å². The maximum atomic E-state index is 14.5. The van der Waals surface area contributed by atoms with Crippen LogP contribution in [0.4, 0.5) is 0 Å². The predicted molar refractivity (Wildman–Crippen MR) is 175 cm³/mol. The number of hydrogen-bond acceptors (Lipinski definition) is 7. The van der Waals surface area contributed by atoms with Crippen LogP contribution in [0.25, 0.3) is 5.70 Å². The van der Waals surface area contributed by atoms with Crippen molar-refractivity contribution in [3.05, 3.63) is 40.9 Å². The van der Waals surface area contributed by atoms with Gasteiger partial charge in [-0.15, -0.1) is 0 Å². The van der Waals surface area contributed by atoms with Gasteiger partial charge in [-0.25, -0.2) is 0 Å². The molecule has 1 spiro atoms. The lowest BCUT2D eigenvalue weighted by atomic mass is 9.84. The molecular formula is C34H48ClN5O6. The van der Waals surface area contributed by atoms with Crippen molar-refractivity contribution in [1.29, 1.82) is 0 Å². The van der Waals surface area contributed by atoms with E-state index in [0.29, 0.717) is 29.5 Å². The fraction of sp³-hybridized carbons (Fsp3) is 0.618. The molecule has 11 nitrogen and oxygen atoms in total. The first kappa shape index (κ1) is 35.4. The smallest absolute Gasteiger partial charge is 0.289 e. The molecule has 4 N–H and O–H groups in total. The molecule has 0 bridgehead atoms. The molecule has 1 aliphatic carbocycles. The largest absolute Gasteiger partial charge is 0.353 e. The minimum absolute atomic E-state index is 0.0217. The molecule has 2 heterocycles. The van der Waals surface area contributed by atoms with Gasteiger partial charge in [-0.05, 0) is 48.8 Å². The number of nitrogens with one attached hydrogen (secondary N) is 4. The molecule has 3 aliphatic rings. The van der Waals surface area contributed by atoms with Crippen LogP contribution in [0, 0.1) is 11.3 Å².